The zero-order valence-corrected chi connectivity index (χ0v) is 23.7. The fraction of sp³-hybridized carbons (Fsp3) is 0.314. The third-order valence-corrected chi connectivity index (χ3v) is 8.80. The van der Waals surface area contributed by atoms with Gasteiger partial charge in [-0.25, -0.2) is 0 Å². The number of rotatable bonds is 1. The van der Waals surface area contributed by atoms with Crippen LogP contribution in [0.25, 0.3) is 0 Å². The fourth-order valence-electron chi connectivity index (χ4n) is 6.56. The van der Waals surface area contributed by atoms with Gasteiger partial charge in [-0.2, -0.15) is 0 Å². The van der Waals surface area contributed by atoms with Gasteiger partial charge in [0.2, 0.25) is 0 Å². The van der Waals surface area contributed by atoms with E-state index in [0.29, 0.717) is 0 Å². The molecule has 2 heterocycles. The van der Waals surface area contributed by atoms with Crippen LogP contribution in [-0.4, -0.2) is 6.71 Å². The Hall–Kier alpha value is -3.46. The Bertz CT molecular complexity index is 1620. The van der Waals surface area contributed by atoms with Crippen LogP contribution in [0.3, 0.4) is 0 Å². The molecule has 0 spiro atoms. The van der Waals surface area contributed by atoms with E-state index in [1.165, 1.54) is 67.7 Å². The largest absolute Gasteiger partial charge is 0.458 e. The second-order valence-electron chi connectivity index (χ2n) is 13.5. The molecule has 0 radical (unpaired) electrons. The van der Waals surface area contributed by atoms with Crippen LogP contribution in [-0.2, 0) is 23.7 Å². The van der Waals surface area contributed by atoms with Crippen LogP contribution in [0.1, 0.15) is 69.4 Å². The molecule has 3 heteroatoms. The summed E-state index contributed by atoms with van der Waals surface area (Å²) in [6.07, 6.45) is 2.31. The maximum atomic E-state index is 6.71. The van der Waals surface area contributed by atoms with Crippen LogP contribution in [0.2, 0.25) is 0 Å². The Morgan fingerprint density at radius 3 is 2.05 bits per heavy atom. The summed E-state index contributed by atoms with van der Waals surface area (Å²) < 4.78 is 6.71. The number of fused-ring (bicyclic) bond motifs is 6. The molecule has 38 heavy (non-hydrogen) atoms. The van der Waals surface area contributed by atoms with Crippen molar-refractivity contribution in [3.63, 3.8) is 0 Å². The zero-order chi connectivity index (χ0) is 26.6. The molecule has 0 unspecified atom stereocenters. The van der Waals surface area contributed by atoms with Gasteiger partial charge in [0.05, 0.1) is 0 Å². The number of anilines is 3. The molecule has 0 atom stereocenters. The van der Waals surface area contributed by atoms with Gasteiger partial charge in [-0.05, 0) is 111 Å². The van der Waals surface area contributed by atoms with Crippen LogP contribution in [0.5, 0.6) is 11.5 Å². The standard InChI is InChI=1S/C35H36BNO/c1-21-18-29-33-31(19-21)38-30-17-9-22-8-15-26(22)32(30)36(33)27-20-24(35(5,6)7)12-16-28(27)37(29)25-13-10-23(11-14-25)34(2,3)4/h9-14,16-20H,8,15H2,1-7H3. The number of ether oxygens (including phenoxy) is 1. The monoisotopic (exact) mass is 497 g/mol. The van der Waals surface area contributed by atoms with Gasteiger partial charge in [-0.1, -0.05) is 71.9 Å². The Morgan fingerprint density at radius 2 is 1.39 bits per heavy atom. The molecule has 1 aliphatic carbocycles. The third-order valence-electron chi connectivity index (χ3n) is 8.80. The molecule has 7 rings (SSSR count). The minimum Gasteiger partial charge on any atom is -0.458 e. The van der Waals surface area contributed by atoms with Crippen LogP contribution < -0.4 is 26.0 Å². The second kappa shape index (κ2) is 7.79. The summed E-state index contributed by atoms with van der Waals surface area (Å²) in [5.41, 5.74) is 14.9. The van der Waals surface area contributed by atoms with Crippen molar-refractivity contribution in [2.45, 2.75) is 72.1 Å². The molecule has 2 nitrogen and oxygen atoms in total. The Morgan fingerprint density at radius 1 is 0.684 bits per heavy atom. The van der Waals surface area contributed by atoms with E-state index in [4.69, 9.17) is 4.74 Å². The van der Waals surface area contributed by atoms with Crippen LogP contribution in [0, 0.1) is 6.92 Å². The highest BCUT2D eigenvalue weighted by Gasteiger charge is 2.44. The van der Waals surface area contributed by atoms with Crippen LogP contribution in [0.4, 0.5) is 17.1 Å². The molecule has 4 aromatic rings. The van der Waals surface area contributed by atoms with E-state index >= 15 is 0 Å². The molecule has 4 aromatic carbocycles. The minimum atomic E-state index is 0.0698. The van der Waals surface area contributed by atoms with Crippen molar-refractivity contribution in [1.82, 2.24) is 0 Å². The highest BCUT2D eigenvalue weighted by molar-refractivity contribution is 6.99. The summed E-state index contributed by atoms with van der Waals surface area (Å²) in [7, 11) is 0. The molecule has 0 bridgehead atoms. The Balaban J connectivity index is 1.53. The normalized spacial score (nSPS) is 15.1. The van der Waals surface area contributed by atoms with E-state index in [2.05, 4.69) is 120 Å². The van der Waals surface area contributed by atoms with Crippen molar-refractivity contribution >= 4 is 40.2 Å². The lowest BCUT2D eigenvalue weighted by Crippen LogP contribution is -2.61. The van der Waals surface area contributed by atoms with Gasteiger partial charge in [0.25, 0.3) is 6.71 Å². The van der Waals surface area contributed by atoms with Crippen molar-refractivity contribution in [2.24, 2.45) is 0 Å². The Labute approximate surface area is 227 Å². The van der Waals surface area contributed by atoms with Crippen LogP contribution >= 0.6 is 0 Å². The second-order valence-corrected chi connectivity index (χ2v) is 13.5. The van der Waals surface area contributed by atoms with E-state index in [1.54, 1.807) is 0 Å². The predicted octanol–water partition coefficient (Wildman–Crippen LogP) is 7.09. The average molecular weight is 497 g/mol. The number of benzene rings is 4. The molecular weight excluding hydrogens is 461 g/mol. The first kappa shape index (κ1) is 23.6. The minimum absolute atomic E-state index is 0.0698. The van der Waals surface area contributed by atoms with Gasteiger partial charge < -0.3 is 9.64 Å². The van der Waals surface area contributed by atoms with Crippen molar-refractivity contribution in [2.75, 3.05) is 4.90 Å². The van der Waals surface area contributed by atoms with Crippen molar-refractivity contribution in [3.05, 3.63) is 94.5 Å². The smallest absolute Gasteiger partial charge is 0.256 e. The quantitative estimate of drug-likeness (QED) is 0.225. The lowest BCUT2D eigenvalue weighted by molar-refractivity contribution is 0.485. The topological polar surface area (TPSA) is 12.5 Å². The molecule has 0 saturated carbocycles. The average Bonchev–Trinajstić information content (AvgIpc) is 2.83. The highest BCUT2D eigenvalue weighted by Crippen LogP contribution is 2.43. The molecular formula is C35H36BNO. The van der Waals surface area contributed by atoms with Crippen molar-refractivity contribution in [3.8, 4) is 11.5 Å². The van der Waals surface area contributed by atoms with E-state index in [9.17, 15) is 0 Å². The lowest BCUT2D eigenvalue weighted by atomic mass is 9.32. The number of nitrogens with zero attached hydrogens (tertiary/aromatic N) is 1. The first-order valence-corrected chi connectivity index (χ1v) is 14.0. The van der Waals surface area contributed by atoms with Crippen molar-refractivity contribution < 1.29 is 4.74 Å². The van der Waals surface area contributed by atoms with Gasteiger partial charge in [0, 0.05) is 17.1 Å². The summed E-state index contributed by atoms with van der Waals surface area (Å²) in [5, 5.41) is 0. The summed E-state index contributed by atoms with van der Waals surface area (Å²) in [4.78, 5) is 2.47. The van der Waals surface area contributed by atoms with Gasteiger partial charge in [0.15, 0.2) is 0 Å². The highest BCUT2D eigenvalue weighted by atomic mass is 16.5. The number of aryl methyl sites for hydroxylation is 2. The third kappa shape index (κ3) is 3.40. The predicted molar refractivity (Wildman–Crippen MR) is 162 cm³/mol. The van der Waals surface area contributed by atoms with Gasteiger partial charge in [-0.3, -0.25) is 0 Å². The summed E-state index contributed by atoms with van der Waals surface area (Å²) in [5.74, 6) is 2.03. The SMILES string of the molecule is Cc1cc2c3c(c1)N(c1ccc(C(C)(C)C)cc1)c1ccc(C(C)(C)C)cc1B3c1c(ccc3c1CC3)O2. The van der Waals surface area contributed by atoms with Gasteiger partial charge in [0.1, 0.15) is 11.5 Å². The van der Waals surface area contributed by atoms with Crippen molar-refractivity contribution in [1.29, 1.82) is 0 Å². The molecule has 0 saturated heterocycles. The number of hydrogen-bond acceptors (Lipinski definition) is 2. The number of hydrogen-bond donors (Lipinski definition) is 0. The molecule has 0 amide bonds. The van der Waals surface area contributed by atoms with E-state index in [0.717, 1.165) is 17.9 Å². The first-order chi connectivity index (χ1) is 18.0. The molecule has 0 fully saturated rings. The maximum Gasteiger partial charge on any atom is 0.256 e. The van der Waals surface area contributed by atoms with E-state index < -0.39 is 0 Å². The first-order valence-electron chi connectivity index (χ1n) is 14.0. The molecule has 0 aromatic heterocycles. The van der Waals surface area contributed by atoms with Gasteiger partial charge in [-0.15, -0.1) is 0 Å². The summed E-state index contributed by atoms with van der Waals surface area (Å²) >= 11 is 0. The molecule has 2 aliphatic heterocycles. The summed E-state index contributed by atoms with van der Waals surface area (Å²) in [6.45, 7) is 16.1. The van der Waals surface area contributed by atoms with E-state index in [1.807, 2.05) is 0 Å². The summed E-state index contributed by atoms with van der Waals surface area (Å²) in [6, 6.07) is 25.4. The molecule has 190 valence electrons. The van der Waals surface area contributed by atoms with E-state index in [-0.39, 0.29) is 17.5 Å². The lowest BCUT2D eigenvalue weighted by Gasteiger charge is -2.42. The Kier molecular flexibility index (Phi) is 4.85. The zero-order valence-electron chi connectivity index (χ0n) is 23.7. The maximum absolute atomic E-state index is 6.71. The molecule has 3 aliphatic rings. The van der Waals surface area contributed by atoms with Gasteiger partial charge >= 0.3 is 0 Å². The fourth-order valence-corrected chi connectivity index (χ4v) is 6.56. The van der Waals surface area contributed by atoms with Crippen LogP contribution in [0.15, 0.2) is 66.7 Å². The molecule has 0 N–H and O–H groups in total.